The van der Waals surface area contributed by atoms with Crippen LogP contribution in [0.1, 0.15) is 0 Å². The molecule has 20 heavy (non-hydrogen) atoms. The first kappa shape index (κ1) is 14.4. The number of hydrogen-bond acceptors (Lipinski definition) is 4. The number of nitrogens with one attached hydrogen (secondary N) is 1. The van der Waals surface area contributed by atoms with Gasteiger partial charge in [-0.3, -0.25) is 9.78 Å². The van der Waals surface area contributed by atoms with Crippen molar-refractivity contribution in [1.82, 2.24) is 9.55 Å². The van der Waals surface area contributed by atoms with Crippen molar-refractivity contribution >= 4 is 12.2 Å². The molecule has 2 rings (SSSR count). The summed E-state index contributed by atoms with van der Waals surface area (Å²) in [6.07, 6.45) is 0. The lowest BCUT2D eigenvalue weighted by Gasteiger charge is -2.15. The first-order valence-electron chi connectivity index (χ1n) is 5.95. The fourth-order valence-corrected chi connectivity index (χ4v) is 2.26. The Bertz CT molecular complexity index is 739. The number of nitrogens with zero attached hydrogens (tertiary/aromatic N) is 1. The van der Waals surface area contributed by atoms with Crippen LogP contribution in [0, 0.1) is 10.6 Å². The fourth-order valence-electron chi connectivity index (χ4n) is 1.97. The molecule has 106 valence electrons. The molecule has 1 aromatic heterocycles. The van der Waals surface area contributed by atoms with Gasteiger partial charge in [0.15, 0.2) is 4.77 Å². The van der Waals surface area contributed by atoms with Crippen molar-refractivity contribution in [3.05, 3.63) is 45.2 Å². The summed E-state index contributed by atoms with van der Waals surface area (Å²) < 4.78 is 20.4. The number of hydrogen-bond donors (Lipinski definition) is 2. The Balaban J connectivity index is 2.74. The lowest BCUT2D eigenvalue weighted by Crippen LogP contribution is -2.19. The standard InChI is InChI=1S/C13H14FN3O2S/c1-19-11-6-8(14)2-3-9(11)10-7-12(18)16-13(20)17(10)5-4-15/h2-3,6-7H,4-5,15H2,1H3,(H,16,18,20). The van der Waals surface area contributed by atoms with Crippen LogP contribution in [0.2, 0.25) is 0 Å². The van der Waals surface area contributed by atoms with Gasteiger partial charge in [0, 0.05) is 30.8 Å². The number of nitrogens with two attached hydrogens (primary N) is 1. The van der Waals surface area contributed by atoms with Crippen LogP contribution in [0.15, 0.2) is 29.1 Å². The van der Waals surface area contributed by atoms with E-state index in [0.717, 1.165) is 0 Å². The quantitative estimate of drug-likeness (QED) is 0.842. The maximum Gasteiger partial charge on any atom is 0.252 e. The Morgan fingerprint density at radius 2 is 2.20 bits per heavy atom. The van der Waals surface area contributed by atoms with E-state index in [2.05, 4.69) is 4.98 Å². The van der Waals surface area contributed by atoms with E-state index in [1.165, 1.54) is 25.3 Å². The van der Waals surface area contributed by atoms with E-state index in [1.54, 1.807) is 10.6 Å². The lowest BCUT2D eigenvalue weighted by atomic mass is 10.1. The molecule has 5 nitrogen and oxygen atoms in total. The highest BCUT2D eigenvalue weighted by atomic mass is 32.1. The Labute approximate surface area is 119 Å². The molecule has 0 bridgehead atoms. The second-order valence-electron chi connectivity index (χ2n) is 4.11. The van der Waals surface area contributed by atoms with Crippen molar-refractivity contribution < 1.29 is 9.13 Å². The highest BCUT2D eigenvalue weighted by molar-refractivity contribution is 7.71. The molecule has 0 unspecified atom stereocenters. The van der Waals surface area contributed by atoms with Crippen LogP contribution >= 0.6 is 12.2 Å². The van der Waals surface area contributed by atoms with E-state index in [1.807, 2.05) is 0 Å². The van der Waals surface area contributed by atoms with Gasteiger partial charge in [0.2, 0.25) is 0 Å². The molecular formula is C13H14FN3O2S. The molecule has 0 aliphatic heterocycles. The summed E-state index contributed by atoms with van der Waals surface area (Å²) in [6.45, 7) is 0.794. The number of rotatable bonds is 4. The number of aromatic nitrogens is 2. The van der Waals surface area contributed by atoms with Crippen molar-refractivity contribution in [3.8, 4) is 17.0 Å². The summed E-state index contributed by atoms with van der Waals surface area (Å²) in [6, 6.07) is 5.49. The molecule has 0 amide bonds. The highest BCUT2D eigenvalue weighted by Crippen LogP contribution is 2.29. The summed E-state index contributed by atoms with van der Waals surface area (Å²) >= 11 is 5.13. The van der Waals surface area contributed by atoms with Crippen molar-refractivity contribution in [2.45, 2.75) is 6.54 Å². The smallest absolute Gasteiger partial charge is 0.252 e. The first-order valence-corrected chi connectivity index (χ1v) is 6.35. The second kappa shape index (κ2) is 5.98. The van der Waals surface area contributed by atoms with E-state index in [-0.39, 0.29) is 10.3 Å². The Hall–Kier alpha value is -1.99. The SMILES string of the molecule is COc1cc(F)ccc1-c1cc(=O)[nH]c(=S)n1CCN. The third kappa shape index (κ3) is 2.78. The number of halogens is 1. The van der Waals surface area contributed by atoms with Crippen molar-refractivity contribution in [1.29, 1.82) is 0 Å². The van der Waals surface area contributed by atoms with E-state index in [9.17, 15) is 9.18 Å². The van der Waals surface area contributed by atoms with Crippen LogP contribution < -0.4 is 16.0 Å². The highest BCUT2D eigenvalue weighted by Gasteiger charge is 2.12. The zero-order chi connectivity index (χ0) is 14.7. The zero-order valence-electron chi connectivity index (χ0n) is 10.9. The number of benzene rings is 1. The Morgan fingerprint density at radius 1 is 1.45 bits per heavy atom. The molecule has 7 heteroatoms. The van der Waals surface area contributed by atoms with Crippen LogP contribution in [-0.4, -0.2) is 23.2 Å². The number of aromatic amines is 1. The largest absolute Gasteiger partial charge is 0.496 e. The molecule has 0 saturated heterocycles. The van der Waals surface area contributed by atoms with Crippen LogP contribution in [0.4, 0.5) is 4.39 Å². The van der Waals surface area contributed by atoms with Crippen molar-refractivity contribution in [2.24, 2.45) is 5.73 Å². The van der Waals surface area contributed by atoms with Gasteiger partial charge in [0.25, 0.3) is 5.56 Å². The monoisotopic (exact) mass is 295 g/mol. The zero-order valence-corrected chi connectivity index (χ0v) is 11.7. The van der Waals surface area contributed by atoms with Gasteiger partial charge >= 0.3 is 0 Å². The van der Waals surface area contributed by atoms with E-state index in [4.69, 9.17) is 22.7 Å². The van der Waals surface area contributed by atoms with Gasteiger partial charge in [-0.15, -0.1) is 0 Å². The average molecular weight is 295 g/mol. The second-order valence-corrected chi connectivity index (χ2v) is 4.50. The van der Waals surface area contributed by atoms with Crippen molar-refractivity contribution in [3.63, 3.8) is 0 Å². The topological polar surface area (TPSA) is 73.0 Å². The lowest BCUT2D eigenvalue weighted by molar-refractivity contribution is 0.412. The predicted molar refractivity (Wildman–Crippen MR) is 76.9 cm³/mol. The van der Waals surface area contributed by atoms with Crippen molar-refractivity contribution in [2.75, 3.05) is 13.7 Å². The van der Waals surface area contributed by atoms with E-state index >= 15 is 0 Å². The molecular weight excluding hydrogens is 281 g/mol. The molecule has 3 N–H and O–H groups in total. The van der Waals surface area contributed by atoms with Gasteiger partial charge in [0.05, 0.1) is 12.8 Å². The van der Waals surface area contributed by atoms with E-state index < -0.39 is 5.82 Å². The number of H-pyrrole nitrogens is 1. The van der Waals surface area contributed by atoms with Crippen LogP contribution in [0.3, 0.4) is 0 Å². The molecule has 1 heterocycles. The minimum absolute atomic E-state index is 0.268. The maximum absolute atomic E-state index is 13.3. The fraction of sp³-hybridized carbons (Fsp3) is 0.231. The predicted octanol–water partition coefficient (Wildman–Crippen LogP) is 1.68. The van der Waals surface area contributed by atoms with Crippen LogP contribution in [0.25, 0.3) is 11.3 Å². The van der Waals surface area contributed by atoms with Gasteiger partial charge in [-0.25, -0.2) is 4.39 Å². The Morgan fingerprint density at radius 3 is 2.85 bits per heavy atom. The third-order valence-corrected chi connectivity index (χ3v) is 3.15. The van der Waals surface area contributed by atoms with Gasteiger partial charge < -0.3 is 15.0 Å². The summed E-state index contributed by atoms with van der Waals surface area (Å²) in [5.41, 5.74) is 6.36. The molecule has 0 saturated carbocycles. The Kier molecular flexibility index (Phi) is 4.31. The summed E-state index contributed by atoms with van der Waals surface area (Å²) in [5.74, 6) is -0.0878. The summed E-state index contributed by atoms with van der Waals surface area (Å²) in [5, 5.41) is 0. The number of ether oxygens (including phenoxy) is 1. The molecule has 2 aromatic rings. The average Bonchev–Trinajstić information content (AvgIpc) is 2.41. The summed E-state index contributed by atoms with van der Waals surface area (Å²) in [7, 11) is 1.44. The molecule has 0 aliphatic carbocycles. The third-order valence-electron chi connectivity index (χ3n) is 2.83. The minimum atomic E-state index is -0.417. The molecule has 0 atom stereocenters. The first-order chi connectivity index (χ1) is 9.56. The van der Waals surface area contributed by atoms with Crippen LogP contribution in [0.5, 0.6) is 5.75 Å². The molecule has 0 radical (unpaired) electrons. The normalized spacial score (nSPS) is 10.6. The summed E-state index contributed by atoms with van der Waals surface area (Å²) in [4.78, 5) is 14.2. The molecule has 0 fully saturated rings. The number of methoxy groups -OCH3 is 1. The molecule has 1 aromatic carbocycles. The van der Waals surface area contributed by atoms with E-state index in [0.29, 0.717) is 30.1 Å². The minimum Gasteiger partial charge on any atom is -0.496 e. The molecule has 0 aliphatic rings. The van der Waals surface area contributed by atoms with Gasteiger partial charge in [-0.1, -0.05) is 0 Å². The maximum atomic E-state index is 13.3. The van der Waals surface area contributed by atoms with Crippen LogP contribution in [-0.2, 0) is 6.54 Å². The molecule has 0 spiro atoms. The van der Waals surface area contributed by atoms with Gasteiger partial charge in [0.1, 0.15) is 11.6 Å². The van der Waals surface area contributed by atoms with Gasteiger partial charge in [-0.05, 0) is 24.4 Å². The van der Waals surface area contributed by atoms with Gasteiger partial charge in [-0.2, -0.15) is 0 Å².